The Kier molecular flexibility index (Phi) is 6.08. The van der Waals surface area contributed by atoms with Gasteiger partial charge in [0.2, 0.25) is 0 Å². The molecule has 0 saturated carbocycles. The zero-order chi connectivity index (χ0) is 15.9. The Balaban J connectivity index is 1.49. The molecule has 0 bridgehead atoms. The van der Waals surface area contributed by atoms with Crippen LogP contribution < -0.4 is 0 Å². The number of ether oxygens (including phenoxy) is 1. The molecule has 1 aliphatic rings. The van der Waals surface area contributed by atoms with Gasteiger partial charge in [-0.2, -0.15) is 0 Å². The zero-order valence-electron chi connectivity index (χ0n) is 13.6. The van der Waals surface area contributed by atoms with Crippen LogP contribution >= 0.6 is 11.8 Å². The molecule has 0 amide bonds. The van der Waals surface area contributed by atoms with Crippen molar-refractivity contribution in [2.24, 2.45) is 0 Å². The minimum Gasteiger partial charge on any atom is -0.372 e. The van der Waals surface area contributed by atoms with Crippen LogP contribution in [0.3, 0.4) is 0 Å². The summed E-state index contributed by atoms with van der Waals surface area (Å²) in [5.41, 5.74) is 2.54. The van der Waals surface area contributed by atoms with Gasteiger partial charge in [0, 0.05) is 30.4 Å². The summed E-state index contributed by atoms with van der Waals surface area (Å²) in [5.74, 6) is 0. The Bertz CT molecular complexity index is 588. The van der Waals surface area contributed by atoms with Crippen molar-refractivity contribution in [2.75, 3.05) is 19.3 Å². The molecule has 122 valence electrons. The van der Waals surface area contributed by atoms with E-state index in [0.717, 1.165) is 31.6 Å². The summed E-state index contributed by atoms with van der Waals surface area (Å²) in [4.78, 5) is 7.97. The topological polar surface area (TPSA) is 25.4 Å². The van der Waals surface area contributed by atoms with Crippen LogP contribution in [-0.4, -0.2) is 35.3 Å². The van der Waals surface area contributed by atoms with E-state index in [1.807, 2.05) is 12.3 Å². The van der Waals surface area contributed by atoms with Gasteiger partial charge in [-0.15, -0.1) is 11.8 Å². The van der Waals surface area contributed by atoms with E-state index in [9.17, 15) is 0 Å². The Morgan fingerprint density at radius 2 is 2.09 bits per heavy atom. The minimum absolute atomic E-state index is 0.328. The lowest BCUT2D eigenvalue weighted by Gasteiger charge is -2.32. The van der Waals surface area contributed by atoms with E-state index in [2.05, 4.69) is 46.5 Å². The molecular formula is C19H24N2OS. The molecule has 1 atom stereocenters. The fraction of sp³-hybridized carbons (Fsp3) is 0.421. The number of rotatable bonds is 6. The van der Waals surface area contributed by atoms with E-state index in [4.69, 9.17) is 4.74 Å². The molecule has 23 heavy (non-hydrogen) atoms. The summed E-state index contributed by atoms with van der Waals surface area (Å²) in [6, 6.07) is 12.9. The maximum absolute atomic E-state index is 6.09. The number of benzene rings is 1. The number of thioether (sulfide) groups is 1. The molecule has 0 unspecified atom stereocenters. The lowest BCUT2D eigenvalue weighted by Crippen LogP contribution is -2.39. The van der Waals surface area contributed by atoms with Crippen LogP contribution in [0.2, 0.25) is 0 Å². The first-order valence-electron chi connectivity index (χ1n) is 8.19. The largest absolute Gasteiger partial charge is 0.372 e. The van der Waals surface area contributed by atoms with Crippen LogP contribution in [0.4, 0.5) is 0 Å². The van der Waals surface area contributed by atoms with E-state index >= 15 is 0 Å². The first kappa shape index (κ1) is 16.5. The number of nitrogens with zero attached hydrogens (tertiary/aromatic N) is 2. The molecule has 4 heteroatoms. The normalized spacial score (nSPS) is 18.9. The predicted molar refractivity (Wildman–Crippen MR) is 95.5 cm³/mol. The summed E-state index contributed by atoms with van der Waals surface area (Å²) < 4.78 is 6.09. The van der Waals surface area contributed by atoms with Gasteiger partial charge in [-0.1, -0.05) is 18.2 Å². The molecular weight excluding hydrogens is 304 g/mol. The molecule has 1 saturated heterocycles. The fourth-order valence-electron chi connectivity index (χ4n) is 2.98. The number of aromatic nitrogens is 1. The number of hydrogen-bond donors (Lipinski definition) is 0. The molecule has 1 fully saturated rings. The van der Waals surface area contributed by atoms with Crippen molar-refractivity contribution in [1.82, 2.24) is 9.88 Å². The Hall–Kier alpha value is -1.36. The predicted octanol–water partition coefficient (Wildman–Crippen LogP) is 3.98. The van der Waals surface area contributed by atoms with Crippen LogP contribution in [0.25, 0.3) is 0 Å². The zero-order valence-corrected chi connectivity index (χ0v) is 14.5. The second-order valence-electron chi connectivity index (χ2n) is 6.02. The highest BCUT2D eigenvalue weighted by Crippen LogP contribution is 2.19. The van der Waals surface area contributed by atoms with Gasteiger partial charge in [-0.05, 0) is 55.0 Å². The molecule has 0 spiro atoms. The van der Waals surface area contributed by atoms with E-state index < -0.39 is 0 Å². The van der Waals surface area contributed by atoms with Gasteiger partial charge in [0.1, 0.15) is 0 Å². The maximum atomic E-state index is 6.09. The van der Waals surface area contributed by atoms with Crippen molar-refractivity contribution >= 4 is 11.8 Å². The molecule has 1 aromatic heterocycles. The maximum Gasteiger partial charge on any atom is 0.0736 e. The Morgan fingerprint density at radius 3 is 2.83 bits per heavy atom. The highest BCUT2D eigenvalue weighted by molar-refractivity contribution is 7.98. The minimum atomic E-state index is 0.328. The molecule has 1 aliphatic heterocycles. The van der Waals surface area contributed by atoms with Crippen LogP contribution in [-0.2, 0) is 17.9 Å². The number of pyridine rings is 1. The number of likely N-dealkylation sites (tertiary alicyclic amines) is 1. The summed E-state index contributed by atoms with van der Waals surface area (Å²) in [7, 11) is 0. The molecule has 2 heterocycles. The van der Waals surface area contributed by atoms with Crippen molar-refractivity contribution in [3.8, 4) is 0 Å². The lowest BCUT2D eigenvalue weighted by molar-refractivity contribution is -0.0121. The highest BCUT2D eigenvalue weighted by atomic mass is 32.2. The average Bonchev–Trinajstić information content (AvgIpc) is 2.62. The Labute approximate surface area is 143 Å². The number of hydrogen-bond acceptors (Lipinski definition) is 4. The first-order chi connectivity index (χ1) is 11.3. The summed E-state index contributed by atoms with van der Waals surface area (Å²) in [6.07, 6.45) is 8.49. The third kappa shape index (κ3) is 5.06. The molecule has 1 aromatic carbocycles. The van der Waals surface area contributed by atoms with Gasteiger partial charge in [0.15, 0.2) is 0 Å². The van der Waals surface area contributed by atoms with Crippen LogP contribution in [0.1, 0.15) is 24.0 Å². The molecule has 2 aromatic rings. The third-order valence-electron chi connectivity index (χ3n) is 4.24. The smallest absolute Gasteiger partial charge is 0.0736 e. The van der Waals surface area contributed by atoms with Gasteiger partial charge in [-0.3, -0.25) is 9.88 Å². The first-order valence-corrected chi connectivity index (χ1v) is 9.42. The SMILES string of the molecule is CSc1ccc(CN2CCC[C@H](OCc3cccnc3)C2)cc1. The van der Waals surface area contributed by atoms with Gasteiger partial charge < -0.3 is 4.74 Å². The summed E-state index contributed by atoms with van der Waals surface area (Å²) in [6.45, 7) is 3.86. The van der Waals surface area contributed by atoms with E-state index in [-0.39, 0.29) is 0 Å². The van der Waals surface area contributed by atoms with E-state index in [0.29, 0.717) is 12.7 Å². The van der Waals surface area contributed by atoms with Gasteiger partial charge >= 0.3 is 0 Å². The van der Waals surface area contributed by atoms with Crippen molar-refractivity contribution in [2.45, 2.75) is 37.0 Å². The molecule has 3 nitrogen and oxygen atoms in total. The second-order valence-corrected chi connectivity index (χ2v) is 6.90. The Morgan fingerprint density at radius 1 is 1.22 bits per heavy atom. The molecule has 0 radical (unpaired) electrons. The van der Waals surface area contributed by atoms with E-state index in [1.165, 1.54) is 16.9 Å². The summed E-state index contributed by atoms with van der Waals surface area (Å²) >= 11 is 1.79. The second kappa shape index (κ2) is 8.48. The fourth-order valence-corrected chi connectivity index (χ4v) is 3.39. The van der Waals surface area contributed by atoms with Crippen LogP contribution in [0.15, 0.2) is 53.7 Å². The number of piperidine rings is 1. The van der Waals surface area contributed by atoms with Gasteiger partial charge in [-0.25, -0.2) is 0 Å². The van der Waals surface area contributed by atoms with Gasteiger partial charge in [0.25, 0.3) is 0 Å². The van der Waals surface area contributed by atoms with Crippen LogP contribution in [0.5, 0.6) is 0 Å². The van der Waals surface area contributed by atoms with Crippen LogP contribution in [0, 0.1) is 0 Å². The highest BCUT2D eigenvalue weighted by Gasteiger charge is 2.20. The quantitative estimate of drug-likeness (QED) is 0.749. The van der Waals surface area contributed by atoms with Crippen molar-refractivity contribution in [3.63, 3.8) is 0 Å². The lowest BCUT2D eigenvalue weighted by atomic mass is 10.1. The average molecular weight is 328 g/mol. The monoisotopic (exact) mass is 328 g/mol. The molecule has 0 N–H and O–H groups in total. The van der Waals surface area contributed by atoms with Crippen molar-refractivity contribution in [3.05, 3.63) is 59.9 Å². The molecule has 3 rings (SSSR count). The van der Waals surface area contributed by atoms with Crippen molar-refractivity contribution < 1.29 is 4.74 Å². The summed E-state index contributed by atoms with van der Waals surface area (Å²) in [5, 5.41) is 0. The van der Waals surface area contributed by atoms with Gasteiger partial charge in [0.05, 0.1) is 12.7 Å². The van der Waals surface area contributed by atoms with Crippen molar-refractivity contribution in [1.29, 1.82) is 0 Å². The molecule has 0 aliphatic carbocycles. The standard InChI is InChI=1S/C19H24N2OS/c1-23-19-8-6-16(7-9-19)13-21-11-3-5-18(14-21)22-15-17-4-2-10-20-12-17/h2,4,6-10,12,18H,3,5,11,13-15H2,1H3/t18-/m0/s1. The third-order valence-corrected chi connectivity index (χ3v) is 4.98. The van der Waals surface area contributed by atoms with E-state index in [1.54, 1.807) is 18.0 Å².